The summed E-state index contributed by atoms with van der Waals surface area (Å²) >= 11 is 6.07. The van der Waals surface area contributed by atoms with Gasteiger partial charge in [0.15, 0.2) is 0 Å². The summed E-state index contributed by atoms with van der Waals surface area (Å²) in [5.41, 5.74) is 1.06. The molecule has 26 heavy (non-hydrogen) atoms. The molecule has 1 aromatic carbocycles. The van der Waals surface area contributed by atoms with E-state index in [1.54, 1.807) is 0 Å². The maximum Gasteiger partial charge on any atom is 0.307 e. The van der Waals surface area contributed by atoms with Crippen molar-refractivity contribution in [1.82, 2.24) is 4.90 Å². The smallest absolute Gasteiger partial charge is 0.307 e. The van der Waals surface area contributed by atoms with Crippen LogP contribution in [0.4, 0.5) is 5.69 Å². The molecule has 1 saturated carbocycles. The van der Waals surface area contributed by atoms with Gasteiger partial charge in [-0.15, -0.1) is 0 Å². The Morgan fingerprint density at radius 1 is 1.00 bits per heavy atom. The summed E-state index contributed by atoms with van der Waals surface area (Å²) in [5, 5.41) is 10.4. The van der Waals surface area contributed by atoms with Crippen LogP contribution in [0.3, 0.4) is 0 Å². The van der Waals surface area contributed by atoms with Gasteiger partial charge < -0.3 is 14.9 Å². The van der Waals surface area contributed by atoms with Crippen LogP contribution < -0.4 is 4.90 Å². The van der Waals surface area contributed by atoms with Gasteiger partial charge >= 0.3 is 5.97 Å². The van der Waals surface area contributed by atoms with E-state index >= 15 is 0 Å². The lowest BCUT2D eigenvalue weighted by molar-refractivity contribution is -0.156. The molecule has 0 unspecified atom stereocenters. The van der Waals surface area contributed by atoms with Crippen LogP contribution in [0.5, 0.6) is 0 Å². The van der Waals surface area contributed by atoms with Crippen molar-refractivity contribution in [2.75, 3.05) is 31.1 Å². The molecule has 1 aliphatic heterocycles. The molecule has 5 rings (SSSR count). The topological polar surface area (TPSA) is 60.9 Å². The van der Waals surface area contributed by atoms with Crippen LogP contribution in [-0.2, 0) is 9.59 Å². The van der Waals surface area contributed by atoms with Gasteiger partial charge in [-0.2, -0.15) is 0 Å². The molecule has 1 aromatic rings. The first-order chi connectivity index (χ1) is 12.5. The van der Waals surface area contributed by atoms with Gasteiger partial charge in [-0.25, -0.2) is 0 Å². The van der Waals surface area contributed by atoms with Crippen molar-refractivity contribution in [2.45, 2.75) is 12.8 Å². The molecule has 3 aliphatic carbocycles. The number of anilines is 1. The zero-order valence-electron chi connectivity index (χ0n) is 14.6. The minimum atomic E-state index is -0.833. The summed E-state index contributed by atoms with van der Waals surface area (Å²) in [6.45, 7) is 2.71. The number of allylic oxidation sites excluding steroid dienone is 2. The van der Waals surface area contributed by atoms with Gasteiger partial charge in [-0.3, -0.25) is 9.59 Å². The van der Waals surface area contributed by atoms with Crippen LogP contribution >= 0.6 is 11.6 Å². The molecule has 138 valence electrons. The molecular weight excluding hydrogens is 352 g/mol. The van der Waals surface area contributed by atoms with Crippen LogP contribution in [-0.4, -0.2) is 48.1 Å². The number of amides is 1. The highest BCUT2D eigenvalue weighted by molar-refractivity contribution is 6.30. The number of hydrogen-bond acceptors (Lipinski definition) is 3. The average molecular weight is 375 g/mol. The molecule has 1 heterocycles. The molecule has 4 aliphatic rings. The Hall–Kier alpha value is -2.01. The number of fused-ring (bicyclic) bond motifs is 2. The fraction of sp³-hybridized carbons (Fsp3) is 0.500. The Labute approximate surface area is 158 Å². The monoisotopic (exact) mass is 374 g/mol. The van der Waals surface area contributed by atoms with Gasteiger partial charge in [-0.05, 0) is 42.9 Å². The molecule has 0 aromatic heterocycles. The number of carbonyl (C=O) groups is 2. The number of carbonyl (C=O) groups excluding carboxylic acids is 1. The highest BCUT2D eigenvalue weighted by Crippen LogP contribution is 2.45. The lowest BCUT2D eigenvalue weighted by Crippen LogP contribution is -2.55. The van der Waals surface area contributed by atoms with Crippen molar-refractivity contribution in [2.24, 2.45) is 23.7 Å². The van der Waals surface area contributed by atoms with E-state index in [1.807, 2.05) is 35.2 Å². The van der Waals surface area contributed by atoms with E-state index in [0.717, 1.165) is 31.6 Å². The third-order valence-corrected chi connectivity index (χ3v) is 6.32. The van der Waals surface area contributed by atoms with Crippen molar-refractivity contribution in [1.29, 1.82) is 0 Å². The van der Waals surface area contributed by atoms with E-state index in [1.165, 1.54) is 0 Å². The molecule has 5 nitrogen and oxygen atoms in total. The molecule has 6 heteroatoms. The predicted octanol–water partition coefficient (Wildman–Crippen LogP) is 2.90. The van der Waals surface area contributed by atoms with Crippen molar-refractivity contribution in [3.63, 3.8) is 0 Å². The second kappa shape index (κ2) is 6.95. The number of rotatable bonds is 3. The molecule has 0 radical (unpaired) electrons. The number of nitrogens with zero attached hydrogens (tertiary/aromatic N) is 2. The minimum absolute atomic E-state index is 0.000741. The minimum Gasteiger partial charge on any atom is -0.481 e. The Morgan fingerprint density at radius 3 is 2.23 bits per heavy atom. The fourth-order valence-electron chi connectivity index (χ4n) is 4.74. The largest absolute Gasteiger partial charge is 0.481 e. The van der Waals surface area contributed by atoms with Crippen molar-refractivity contribution in [3.05, 3.63) is 41.4 Å². The van der Waals surface area contributed by atoms with E-state index in [9.17, 15) is 14.7 Å². The third-order valence-electron chi connectivity index (χ3n) is 6.08. The Bertz CT molecular complexity index is 742. The molecule has 4 atom stereocenters. The van der Waals surface area contributed by atoms with E-state index in [2.05, 4.69) is 11.0 Å². The average Bonchev–Trinajstić information content (AvgIpc) is 2.67. The van der Waals surface area contributed by atoms with Crippen LogP contribution in [0, 0.1) is 23.7 Å². The number of piperazine rings is 1. The van der Waals surface area contributed by atoms with Gasteiger partial charge in [0.2, 0.25) is 5.91 Å². The number of hydrogen-bond donors (Lipinski definition) is 1. The number of benzene rings is 1. The summed E-state index contributed by atoms with van der Waals surface area (Å²) in [7, 11) is 0. The van der Waals surface area contributed by atoms with Gasteiger partial charge in [0, 0.05) is 36.9 Å². The van der Waals surface area contributed by atoms with Gasteiger partial charge in [0.25, 0.3) is 0 Å². The first-order valence-electron chi connectivity index (χ1n) is 9.25. The second-order valence-corrected chi connectivity index (χ2v) is 7.91. The standard InChI is InChI=1S/C20H23ClN2O3/c21-15-2-1-3-16(12-15)22-8-10-23(11-9-22)19(24)17-13-4-6-14(7-5-13)18(17)20(25)26/h1-4,6,12-14,17-18H,5,7-11H2,(H,25,26)/t13-,14-,17+,18-/m0/s1. The zero-order valence-corrected chi connectivity index (χ0v) is 15.3. The number of carboxylic acid groups (broad SMARTS) is 1. The first kappa shape index (κ1) is 17.4. The molecule has 2 bridgehead atoms. The van der Waals surface area contributed by atoms with Crippen LogP contribution in [0.25, 0.3) is 0 Å². The summed E-state index contributed by atoms with van der Waals surface area (Å²) in [4.78, 5) is 29.0. The van der Waals surface area contributed by atoms with Crippen molar-refractivity contribution >= 4 is 29.2 Å². The van der Waals surface area contributed by atoms with Crippen LogP contribution in [0.1, 0.15) is 12.8 Å². The number of halogens is 1. The predicted molar refractivity (Wildman–Crippen MR) is 100 cm³/mol. The first-order valence-corrected chi connectivity index (χ1v) is 9.63. The lowest BCUT2D eigenvalue weighted by Gasteiger charge is -2.45. The highest BCUT2D eigenvalue weighted by atomic mass is 35.5. The quantitative estimate of drug-likeness (QED) is 0.826. The Kier molecular flexibility index (Phi) is 4.65. The van der Waals surface area contributed by atoms with E-state index in [-0.39, 0.29) is 17.7 Å². The third kappa shape index (κ3) is 3.09. The molecule has 1 amide bonds. The SMILES string of the molecule is O=C(O)[C@@H]1[C@H](C(=O)N2CCN(c3cccc(Cl)c3)CC2)[C@H]2C=C[C@H]1CC2. The Morgan fingerprint density at radius 2 is 1.65 bits per heavy atom. The molecule has 1 N–H and O–H groups in total. The summed E-state index contributed by atoms with van der Waals surface area (Å²) < 4.78 is 0. The Balaban J connectivity index is 1.45. The van der Waals surface area contributed by atoms with Gasteiger partial charge in [-0.1, -0.05) is 29.8 Å². The molecule has 1 saturated heterocycles. The summed E-state index contributed by atoms with van der Waals surface area (Å²) in [6, 6.07) is 7.74. The van der Waals surface area contributed by atoms with E-state index in [4.69, 9.17) is 11.6 Å². The second-order valence-electron chi connectivity index (χ2n) is 7.47. The van der Waals surface area contributed by atoms with Crippen molar-refractivity contribution in [3.8, 4) is 0 Å². The summed E-state index contributed by atoms with van der Waals surface area (Å²) in [5.74, 6) is -1.73. The van der Waals surface area contributed by atoms with Gasteiger partial charge in [0.05, 0.1) is 11.8 Å². The lowest BCUT2D eigenvalue weighted by atomic mass is 9.62. The highest BCUT2D eigenvalue weighted by Gasteiger charge is 2.49. The van der Waals surface area contributed by atoms with E-state index in [0.29, 0.717) is 18.1 Å². The van der Waals surface area contributed by atoms with Crippen LogP contribution in [0.2, 0.25) is 5.02 Å². The molecule has 0 spiro atoms. The molecule has 2 fully saturated rings. The zero-order chi connectivity index (χ0) is 18.3. The maximum absolute atomic E-state index is 13.1. The van der Waals surface area contributed by atoms with E-state index < -0.39 is 17.8 Å². The summed E-state index contributed by atoms with van der Waals surface area (Å²) in [6.07, 6.45) is 5.88. The maximum atomic E-state index is 13.1. The number of aliphatic carboxylic acids is 1. The molecular formula is C20H23ClN2O3. The van der Waals surface area contributed by atoms with Gasteiger partial charge in [0.1, 0.15) is 0 Å². The fourth-order valence-corrected chi connectivity index (χ4v) is 4.92. The van der Waals surface area contributed by atoms with Crippen LogP contribution in [0.15, 0.2) is 36.4 Å². The number of carboxylic acids is 1. The van der Waals surface area contributed by atoms with Crippen molar-refractivity contribution < 1.29 is 14.7 Å². The normalized spacial score (nSPS) is 30.5.